The molecule has 0 fully saturated rings. The van der Waals surface area contributed by atoms with Gasteiger partial charge in [0.1, 0.15) is 0 Å². The largest absolute Gasteiger partial charge is 0.462 e. The lowest BCUT2D eigenvalue weighted by Gasteiger charge is -2.06. The van der Waals surface area contributed by atoms with Gasteiger partial charge in [-0.1, -0.05) is 74.0 Å². The fourth-order valence-corrected chi connectivity index (χ4v) is 2.57. The molecule has 0 aliphatic heterocycles. The summed E-state index contributed by atoms with van der Waals surface area (Å²) < 4.78 is 5.09. The minimum absolute atomic E-state index is 0.284. The number of aryl methyl sites for hydroxylation is 1. The third-order valence-electron chi connectivity index (χ3n) is 4.00. The zero-order valence-electron chi connectivity index (χ0n) is 14.5. The number of esters is 1. The molecule has 2 heteroatoms. The van der Waals surface area contributed by atoms with E-state index in [1.54, 1.807) is 6.92 Å². The number of carbonyl (C=O) groups is 1. The van der Waals surface area contributed by atoms with Gasteiger partial charge in [-0.25, -0.2) is 4.79 Å². The van der Waals surface area contributed by atoms with E-state index in [9.17, 15) is 4.79 Å². The van der Waals surface area contributed by atoms with Crippen LogP contribution in [0.3, 0.4) is 0 Å². The van der Waals surface area contributed by atoms with Gasteiger partial charge in [0.05, 0.1) is 6.61 Å². The molecule has 0 spiro atoms. The molecule has 0 atom stereocenters. The Labute approximate surface area is 145 Å². The predicted octanol–water partition coefficient (Wildman–Crippen LogP) is 5.58. The van der Waals surface area contributed by atoms with Crippen LogP contribution in [0.15, 0.2) is 66.7 Å². The first-order valence-corrected chi connectivity index (χ1v) is 8.64. The van der Waals surface area contributed by atoms with Gasteiger partial charge in [-0.2, -0.15) is 0 Å². The molecule has 126 valence electrons. The van der Waals surface area contributed by atoms with Crippen LogP contribution in [0.4, 0.5) is 0 Å². The number of hydrogen-bond donors (Lipinski definition) is 0. The van der Waals surface area contributed by atoms with Gasteiger partial charge in [0.25, 0.3) is 0 Å². The van der Waals surface area contributed by atoms with E-state index in [4.69, 9.17) is 4.74 Å². The van der Waals surface area contributed by atoms with Crippen LogP contribution in [0.25, 0.3) is 11.1 Å². The molecule has 2 aromatic rings. The molecule has 0 saturated carbocycles. The van der Waals surface area contributed by atoms with Crippen molar-refractivity contribution in [1.82, 2.24) is 0 Å². The number of rotatable bonds is 9. The fraction of sp³-hybridized carbons (Fsp3) is 0.318. The van der Waals surface area contributed by atoms with Gasteiger partial charge in [-0.3, -0.25) is 0 Å². The normalized spacial score (nSPS) is 10.4. The van der Waals surface area contributed by atoms with Gasteiger partial charge in [0.15, 0.2) is 0 Å². The monoisotopic (exact) mass is 322 g/mol. The van der Waals surface area contributed by atoms with Gasteiger partial charge < -0.3 is 4.74 Å². The highest BCUT2D eigenvalue weighted by atomic mass is 16.5. The maximum absolute atomic E-state index is 11.2. The highest BCUT2D eigenvalue weighted by molar-refractivity contribution is 5.86. The third-order valence-corrected chi connectivity index (χ3v) is 4.00. The second-order valence-electron chi connectivity index (χ2n) is 6.14. The van der Waals surface area contributed by atoms with Crippen LogP contribution in [0.1, 0.15) is 38.2 Å². The Hall–Kier alpha value is -2.35. The average molecular weight is 322 g/mol. The smallest absolute Gasteiger partial charge is 0.333 e. The summed E-state index contributed by atoms with van der Waals surface area (Å²) in [5.41, 5.74) is 4.37. The highest BCUT2D eigenvalue weighted by Gasteiger charge is 2.02. The van der Waals surface area contributed by atoms with Crippen molar-refractivity contribution in [2.45, 2.75) is 39.0 Å². The second kappa shape index (κ2) is 9.71. The standard InChI is InChI=1S/C22H26O2/c1-18(2)22(23)24-17-9-4-3-6-10-19-13-15-21(16-14-19)20-11-7-5-8-12-20/h5,7-8,11-16H,1,3-4,6,9-10,17H2,2H3. The Bertz CT molecular complexity index is 641. The minimum atomic E-state index is -0.284. The maximum atomic E-state index is 11.2. The van der Waals surface area contributed by atoms with Crippen LogP contribution >= 0.6 is 0 Å². The lowest BCUT2D eigenvalue weighted by Crippen LogP contribution is -2.06. The molecule has 0 radical (unpaired) electrons. The zero-order valence-corrected chi connectivity index (χ0v) is 14.5. The number of unbranched alkanes of at least 4 members (excludes halogenated alkanes) is 3. The summed E-state index contributed by atoms with van der Waals surface area (Å²) in [4.78, 5) is 11.2. The number of benzene rings is 2. The lowest BCUT2D eigenvalue weighted by atomic mass is 10.0. The van der Waals surface area contributed by atoms with Crippen LogP contribution in [0.2, 0.25) is 0 Å². The van der Waals surface area contributed by atoms with Crippen LogP contribution in [0, 0.1) is 0 Å². The first kappa shape index (κ1) is 18.0. The summed E-state index contributed by atoms with van der Waals surface area (Å²) in [6.45, 7) is 5.74. The number of carbonyl (C=O) groups excluding carboxylic acids is 1. The quantitative estimate of drug-likeness (QED) is 0.342. The molecule has 2 rings (SSSR count). The molecule has 24 heavy (non-hydrogen) atoms. The Balaban J connectivity index is 1.63. The fourth-order valence-electron chi connectivity index (χ4n) is 2.57. The van der Waals surface area contributed by atoms with Crippen molar-refractivity contribution in [3.63, 3.8) is 0 Å². The van der Waals surface area contributed by atoms with E-state index in [0.29, 0.717) is 12.2 Å². The Kier molecular flexibility index (Phi) is 7.28. The first-order chi connectivity index (χ1) is 11.7. The topological polar surface area (TPSA) is 26.3 Å². The van der Waals surface area contributed by atoms with E-state index in [2.05, 4.69) is 55.1 Å². The summed E-state index contributed by atoms with van der Waals surface area (Å²) >= 11 is 0. The molecule has 0 aliphatic rings. The number of ether oxygens (including phenoxy) is 1. The van der Waals surface area contributed by atoms with Gasteiger partial charge in [-0.05, 0) is 42.9 Å². The van der Waals surface area contributed by atoms with Crippen LogP contribution in [-0.4, -0.2) is 12.6 Å². The minimum Gasteiger partial charge on any atom is -0.462 e. The van der Waals surface area contributed by atoms with Crippen LogP contribution in [-0.2, 0) is 16.0 Å². The van der Waals surface area contributed by atoms with E-state index in [0.717, 1.165) is 25.7 Å². The van der Waals surface area contributed by atoms with E-state index in [1.807, 2.05) is 6.07 Å². The van der Waals surface area contributed by atoms with E-state index < -0.39 is 0 Å². The van der Waals surface area contributed by atoms with Crippen LogP contribution < -0.4 is 0 Å². The zero-order chi connectivity index (χ0) is 17.2. The van der Waals surface area contributed by atoms with E-state index in [-0.39, 0.29) is 5.97 Å². The van der Waals surface area contributed by atoms with Crippen LogP contribution in [0.5, 0.6) is 0 Å². The van der Waals surface area contributed by atoms with Crippen molar-refractivity contribution < 1.29 is 9.53 Å². The highest BCUT2D eigenvalue weighted by Crippen LogP contribution is 2.20. The second-order valence-corrected chi connectivity index (χ2v) is 6.14. The molecule has 0 amide bonds. The molecule has 0 aromatic heterocycles. The lowest BCUT2D eigenvalue weighted by molar-refractivity contribution is -0.139. The summed E-state index contributed by atoms with van der Waals surface area (Å²) in [7, 11) is 0. The molecule has 2 nitrogen and oxygen atoms in total. The van der Waals surface area contributed by atoms with Crippen molar-refractivity contribution in [1.29, 1.82) is 0 Å². The van der Waals surface area contributed by atoms with Gasteiger partial charge in [0, 0.05) is 5.57 Å². The summed E-state index contributed by atoms with van der Waals surface area (Å²) in [6.07, 6.45) is 5.43. The molecule has 0 N–H and O–H groups in total. The summed E-state index contributed by atoms with van der Waals surface area (Å²) in [5.74, 6) is -0.284. The molecule has 0 unspecified atom stereocenters. The molecule has 0 saturated heterocycles. The van der Waals surface area contributed by atoms with Crippen molar-refractivity contribution in [2.75, 3.05) is 6.61 Å². The SMILES string of the molecule is C=C(C)C(=O)OCCCCCCc1ccc(-c2ccccc2)cc1. The predicted molar refractivity (Wildman–Crippen MR) is 99.8 cm³/mol. The van der Waals surface area contributed by atoms with Gasteiger partial charge in [0.2, 0.25) is 0 Å². The molecular weight excluding hydrogens is 296 g/mol. The van der Waals surface area contributed by atoms with Gasteiger partial charge in [-0.15, -0.1) is 0 Å². The molecule has 0 heterocycles. The van der Waals surface area contributed by atoms with Crippen molar-refractivity contribution in [3.05, 3.63) is 72.3 Å². The molecule has 0 aliphatic carbocycles. The number of hydrogen-bond acceptors (Lipinski definition) is 2. The Morgan fingerprint density at radius 3 is 2.17 bits per heavy atom. The van der Waals surface area contributed by atoms with Crippen molar-refractivity contribution in [3.8, 4) is 11.1 Å². The molecule has 0 bridgehead atoms. The third kappa shape index (κ3) is 6.04. The van der Waals surface area contributed by atoms with E-state index >= 15 is 0 Å². The maximum Gasteiger partial charge on any atom is 0.333 e. The van der Waals surface area contributed by atoms with E-state index in [1.165, 1.54) is 23.1 Å². The van der Waals surface area contributed by atoms with Gasteiger partial charge >= 0.3 is 5.97 Å². The summed E-state index contributed by atoms with van der Waals surface area (Å²) in [6, 6.07) is 19.3. The molecule has 2 aromatic carbocycles. The summed E-state index contributed by atoms with van der Waals surface area (Å²) in [5, 5.41) is 0. The van der Waals surface area contributed by atoms with Crippen molar-refractivity contribution >= 4 is 5.97 Å². The first-order valence-electron chi connectivity index (χ1n) is 8.64. The average Bonchev–Trinajstić information content (AvgIpc) is 2.62. The molecular formula is C22H26O2. The van der Waals surface area contributed by atoms with Crippen molar-refractivity contribution in [2.24, 2.45) is 0 Å². The Morgan fingerprint density at radius 1 is 0.875 bits per heavy atom. The Morgan fingerprint density at radius 2 is 1.50 bits per heavy atom.